The lowest BCUT2D eigenvalue weighted by Gasteiger charge is -2.09. The van der Waals surface area contributed by atoms with Gasteiger partial charge in [-0.1, -0.05) is 42.0 Å². The van der Waals surface area contributed by atoms with E-state index in [9.17, 15) is 0 Å². The van der Waals surface area contributed by atoms with E-state index in [0.717, 1.165) is 16.5 Å². The highest BCUT2D eigenvalue weighted by Gasteiger charge is 2.10. The monoisotopic (exact) mass is 264 g/mol. The van der Waals surface area contributed by atoms with Crippen molar-refractivity contribution >= 4 is 10.9 Å². The first-order chi connectivity index (χ1) is 9.78. The number of aryl methyl sites for hydroxylation is 1. The molecule has 3 heteroatoms. The summed E-state index contributed by atoms with van der Waals surface area (Å²) in [6.07, 6.45) is 0. The summed E-state index contributed by atoms with van der Waals surface area (Å²) in [7, 11) is 0. The molecule has 0 radical (unpaired) electrons. The molecule has 1 aromatic heterocycles. The standard InChI is InChI=1S/C17H16N2O/c1-3-20-17-14-11-12(2)9-10-15(14)18-16(19-17)13-7-5-4-6-8-13/h4-11H,3H2,1-2H3. The van der Waals surface area contributed by atoms with Crippen LogP contribution in [0.1, 0.15) is 12.5 Å². The molecular weight excluding hydrogens is 248 g/mol. The van der Waals surface area contributed by atoms with Crippen LogP contribution in [0.25, 0.3) is 22.3 Å². The molecule has 0 atom stereocenters. The SMILES string of the molecule is CCOc1nc(-c2ccccc2)nc2ccc(C)cc12. The molecule has 3 rings (SSSR count). The van der Waals surface area contributed by atoms with E-state index in [1.165, 1.54) is 5.56 Å². The van der Waals surface area contributed by atoms with Crippen molar-refractivity contribution in [3.8, 4) is 17.3 Å². The van der Waals surface area contributed by atoms with Gasteiger partial charge in [0.1, 0.15) is 0 Å². The Kier molecular flexibility index (Phi) is 3.33. The number of hydrogen-bond donors (Lipinski definition) is 0. The predicted octanol–water partition coefficient (Wildman–Crippen LogP) is 4.00. The van der Waals surface area contributed by atoms with E-state index in [0.29, 0.717) is 18.3 Å². The van der Waals surface area contributed by atoms with E-state index in [4.69, 9.17) is 4.74 Å². The molecule has 3 nitrogen and oxygen atoms in total. The van der Waals surface area contributed by atoms with Crippen molar-refractivity contribution in [2.45, 2.75) is 13.8 Å². The molecule has 0 aliphatic rings. The van der Waals surface area contributed by atoms with Crippen LogP contribution in [0.4, 0.5) is 0 Å². The summed E-state index contributed by atoms with van der Waals surface area (Å²) < 4.78 is 5.69. The number of benzene rings is 2. The molecule has 0 unspecified atom stereocenters. The van der Waals surface area contributed by atoms with Crippen LogP contribution in [0.15, 0.2) is 48.5 Å². The second-order valence-electron chi connectivity index (χ2n) is 4.67. The largest absolute Gasteiger partial charge is 0.477 e. The van der Waals surface area contributed by atoms with Gasteiger partial charge in [0, 0.05) is 5.56 Å². The molecule has 0 saturated heterocycles. The maximum atomic E-state index is 5.69. The molecule has 0 spiro atoms. The average molecular weight is 264 g/mol. The quantitative estimate of drug-likeness (QED) is 0.717. The Morgan fingerprint density at radius 1 is 1.00 bits per heavy atom. The number of aromatic nitrogens is 2. The van der Waals surface area contributed by atoms with E-state index >= 15 is 0 Å². The summed E-state index contributed by atoms with van der Waals surface area (Å²) in [5, 5.41) is 0.964. The number of fused-ring (bicyclic) bond motifs is 1. The van der Waals surface area contributed by atoms with Gasteiger partial charge in [0.25, 0.3) is 0 Å². The Balaban J connectivity index is 2.23. The lowest BCUT2D eigenvalue weighted by atomic mass is 10.1. The Bertz CT molecular complexity index is 739. The average Bonchev–Trinajstić information content (AvgIpc) is 2.49. The second kappa shape index (κ2) is 5.29. The summed E-state index contributed by atoms with van der Waals surface area (Å²) in [6, 6.07) is 16.1. The fraction of sp³-hybridized carbons (Fsp3) is 0.176. The van der Waals surface area contributed by atoms with Gasteiger partial charge < -0.3 is 4.74 Å². The van der Waals surface area contributed by atoms with Crippen molar-refractivity contribution in [3.63, 3.8) is 0 Å². The van der Waals surface area contributed by atoms with Gasteiger partial charge >= 0.3 is 0 Å². The minimum Gasteiger partial charge on any atom is -0.477 e. The number of hydrogen-bond acceptors (Lipinski definition) is 3. The lowest BCUT2D eigenvalue weighted by Crippen LogP contribution is -1.99. The zero-order chi connectivity index (χ0) is 13.9. The molecule has 0 aliphatic heterocycles. The third-order valence-electron chi connectivity index (χ3n) is 3.13. The van der Waals surface area contributed by atoms with Gasteiger partial charge in [0.2, 0.25) is 5.88 Å². The predicted molar refractivity (Wildman–Crippen MR) is 80.9 cm³/mol. The van der Waals surface area contributed by atoms with Crippen LogP contribution < -0.4 is 4.74 Å². The molecule has 2 aromatic carbocycles. The summed E-state index contributed by atoms with van der Waals surface area (Å²) in [5.74, 6) is 1.35. The van der Waals surface area contributed by atoms with Crippen molar-refractivity contribution in [2.24, 2.45) is 0 Å². The molecule has 0 bridgehead atoms. The summed E-state index contributed by atoms with van der Waals surface area (Å²) >= 11 is 0. The van der Waals surface area contributed by atoms with E-state index < -0.39 is 0 Å². The highest BCUT2D eigenvalue weighted by Crippen LogP contribution is 2.27. The van der Waals surface area contributed by atoms with Crippen LogP contribution in [0.5, 0.6) is 5.88 Å². The normalized spacial score (nSPS) is 10.7. The second-order valence-corrected chi connectivity index (χ2v) is 4.67. The van der Waals surface area contributed by atoms with Gasteiger partial charge in [-0.05, 0) is 26.0 Å². The van der Waals surface area contributed by atoms with Gasteiger partial charge in [-0.15, -0.1) is 0 Å². The minimum absolute atomic E-state index is 0.592. The zero-order valence-electron chi connectivity index (χ0n) is 11.6. The van der Waals surface area contributed by atoms with Gasteiger partial charge in [-0.25, -0.2) is 4.98 Å². The number of nitrogens with zero attached hydrogens (tertiary/aromatic N) is 2. The molecule has 0 N–H and O–H groups in total. The number of rotatable bonds is 3. The molecule has 0 fully saturated rings. The van der Waals surface area contributed by atoms with Crippen molar-refractivity contribution in [1.29, 1.82) is 0 Å². The Hall–Kier alpha value is -2.42. The highest BCUT2D eigenvalue weighted by molar-refractivity contribution is 5.85. The van der Waals surface area contributed by atoms with E-state index in [1.54, 1.807) is 0 Å². The van der Waals surface area contributed by atoms with Crippen molar-refractivity contribution in [2.75, 3.05) is 6.61 Å². The first-order valence-corrected chi connectivity index (χ1v) is 6.74. The summed E-state index contributed by atoms with van der Waals surface area (Å²) in [4.78, 5) is 9.21. The fourth-order valence-electron chi connectivity index (χ4n) is 2.18. The van der Waals surface area contributed by atoms with Crippen LogP contribution >= 0.6 is 0 Å². The van der Waals surface area contributed by atoms with Crippen LogP contribution in [0, 0.1) is 6.92 Å². The number of ether oxygens (including phenoxy) is 1. The maximum Gasteiger partial charge on any atom is 0.225 e. The fourth-order valence-corrected chi connectivity index (χ4v) is 2.18. The molecule has 0 aliphatic carbocycles. The van der Waals surface area contributed by atoms with Crippen molar-refractivity contribution < 1.29 is 4.74 Å². The van der Waals surface area contributed by atoms with Gasteiger partial charge in [-0.2, -0.15) is 4.98 Å². The van der Waals surface area contributed by atoms with Crippen LogP contribution in [0.3, 0.4) is 0 Å². The first-order valence-electron chi connectivity index (χ1n) is 6.74. The Labute approximate surface area is 118 Å². The third kappa shape index (κ3) is 2.35. The van der Waals surface area contributed by atoms with E-state index in [1.807, 2.05) is 43.3 Å². The van der Waals surface area contributed by atoms with Gasteiger partial charge in [0.15, 0.2) is 5.82 Å². The highest BCUT2D eigenvalue weighted by atomic mass is 16.5. The third-order valence-corrected chi connectivity index (χ3v) is 3.13. The van der Waals surface area contributed by atoms with Crippen molar-refractivity contribution in [3.05, 3.63) is 54.1 Å². The lowest BCUT2D eigenvalue weighted by molar-refractivity contribution is 0.331. The topological polar surface area (TPSA) is 35.0 Å². The Morgan fingerprint density at radius 3 is 2.55 bits per heavy atom. The molecular formula is C17H16N2O. The van der Waals surface area contributed by atoms with E-state index in [-0.39, 0.29) is 0 Å². The summed E-state index contributed by atoms with van der Waals surface area (Å²) in [5.41, 5.74) is 3.08. The molecule has 100 valence electrons. The Morgan fingerprint density at radius 2 is 1.80 bits per heavy atom. The van der Waals surface area contributed by atoms with Gasteiger partial charge in [0.05, 0.1) is 17.5 Å². The molecule has 3 aromatic rings. The van der Waals surface area contributed by atoms with E-state index in [2.05, 4.69) is 29.0 Å². The first kappa shape index (κ1) is 12.6. The smallest absolute Gasteiger partial charge is 0.225 e. The van der Waals surface area contributed by atoms with Crippen LogP contribution in [-0.4, -0.2) is 16.6 Å². The van der Waals surface area contributed by atoms with Crippen LogP contribution in [0.2, 0.25) is 0 Å². The van der Waals surface area contributed by atoms with Crippen LogP contribution in [-0.2, 0) is 0 Å². The van der Waals surface area contributed by atoms with Crippen molar-refractivity contribution in [1.82, 2.24) is 9.97 Å². The molecule has 1 heterocycles. The van der Waals surface area contributed by atoms with Gasteiger partial charge in [-0.3, -0.25) is 0 Å². The maximum absolute atomic E-state index is 5.69. The molecule has 0 amide bonds. The molecule has 0 saturated carbocycles. The summed E-state index contributed by atoms with van der Waals surface area (Å²) in [6.45, 7) is 4.61. The minimum atomic E-state index is 0.592. The molecule has 20 heavy (non-hydrogen) atoms. The zero-order valence-corrected chi connectivity index (χ0v) is 11.6.